The van der Waals surface area contributed by atoms with Crippen molar-refractivity contribution in [1.82, 2.24) is 5.32 Å². The highest BCUT2D eigenvalue weighted by molar-refractivity contribution is 5.93. The van der Waals surface area contributed by atoms with Gasteiger partial charge >= 0.3 is 5.97 Å². The molecule has 0 unspecified atom stereocenters. The van der Waals surface area contributed by atoms with Crippen molar-refractivity contribution in [1.29, 1.82) is 0 Å². The number of anilines is 1. The Kier molecular flexibility index (Phi) is 6.35. The highest BCUT2D eigenvalue weighted by atomic mass is 16.6. The second-order valence-corrected chi connectivity index (χ2v) is 6.73. The number of hydrogen-bond donors (Lipinski definition) is 1. The lowest BCUT2D eigenvalue weighted by molar-refractivity contribution is -0.384. The number of amides is 1. The van der Waals surface area contributed by atoms with Crippen molar-refractivity contribution in [3.8, 4) is 11.5 Å². The summed E-state index contributed by atoms with van der Waals surface area (Å²) in [6.45, 7) is -0.0705. The van der Waals surface area contributed by atoms with Gasteiger partial charge in [-0.1, -0.05) is 12.1 Å². The molecule has 10 heteroatoms. The zero-order chi connectivity index (χ0) is 21.7. The minimum absolute atomic E-state index is 0.0132. The number of benzene rings is 2. The van der Waals surface area contributed by atoms with Crippen LogP contribution in [0.25, 0.3) is 0 Å². The van der Waals surface area contributed by atoms with E-state index in [1.165, 1.54) is 12.1 Å². The lowest BCUT2D eigenvalue weighted by Crippen LogP contribution is -2.42. The maximum Gasteiger partial charge on any atom is 0.338 e. The van der Waals surface area contributed by atoms with Crippen LogP contribution in [0.4, 0.5) is 11.4 Å². The lowest BCUT2D eigenvalue weighted by atomic mass is 10.1. The molecule has 0 aromatic heterocycles. The van der Waals surface area contributed by atoms with E-state index in [1.807, 2.05) is 12.1 Å². The van der Waals surface area contributed by atoms with Gasteiger partial charge in [0, 0.05) is 20.2 Å². The van der Waals surface area contributed by atoms with Crippen molar-refractivity contribution in [2.24, 2.45) is 0 Å². The van der Waals surface area contributed by atoms with Gasteiger partial charge in [0.25, 0.3) is 11.6 Å². The molecule has 0 bridgehead atoms. The second-order valence-electron chi connectivity index (χ2n) is 6.73. The predicted octanol–water partition coefficient (Wildman–Crippen LogP) is 1.77. The summed E-state index contributed by atoms with van der Waals surface area (Å²) in [4.78, 5) is 36.4. The molecule has 1 atom stereocenters. The van der Waals surface area contributed by atoms with Crippen molar-refractivity contribution >= 4 is 23.3 Å². The van der Waals surface area contributed by atoms with Gasteiger partial charge in [-0.25, -0.2) is 4.79 Å². The topological polar surface area (TPSA) is 120 Å². The number of nitrogens with zero attached hydrogens (tertiary/aromatic N) is 2. The highest BCUT2D eigenvalue weighted by Crippen LogP contribution is 2.30. The van der Waals surface area contributed by atoms with Crippen LogP contribution in [0.15, 0.2) is 42.5 Å². The molecule has 1 amide bonds. The Balaban J connectivity index is 1.50. The van der Waals surface area contributed by atoms with Gasteiger partial charge in [-0.05, 0) is 24.3 Å². The standard InChI is InChI=1S/C20H21N3O7/c1-22(2)15-8-7-13(9-16(15)23(26)27)20(25)29-12-19(24)21-10-14-11-28-17-5-3-4-6-18(17)30-14/h3-9,14H,10-12H2,1-2H3,(H,21,24)/t14-/m1/s1. The van der Waals surface area contributed by atoms with E-state index in [4.69, 9.17) is 14.2 Å². The van der Waals surface area contributed by atoms with Crippen LogP contribution in [0.2, 0.25) is 0 Å². The van der Waals surface area contributed by atoms with Crippen LogP contribution in [0.3, 0.4) is 0 Å². The molecular weight excluding hydrogens is 394 g/mol. The van der Waals surface area contributed by atoms with Gasteiger partial charge in [-0.2, -0.15) is 0 Å². The number of fused-ring (bicyclic) bond motifs is 1. The summed E-state index contributed by atoms with van der Waals surface area (Å²) in [5, 5.41) is 13.8. The van der Waals surface area contributed by atoms with Crippen LogP contribution in [-0.2, 0) is 9.53 Å². The van der Waals surface area contributed by atoms with Crippen molar-refractivity contribution in [3.05, 3.63) is 58.1 Å². The average Bonchev–Trinajstić information content (AvgIpc) is 2.75. The summed E-state index contributed by atoms with van der Waals surface area (Å²) in [5.74, 6) is -0.115. The highest BCUT2D eigenvalue weighted by Gasteiger charge is 2.22. The summed E-state index contributed by atoms with van der Waals surface area (Å²) in [5.41, 5.74) is 0.111. The summed E-state index contributed by atoms with van der Waals surface area (Å²) in [7, 11) is 3.31. The Morgan fingerprint density at radius 1 is 1.23 bits per heavy atom. The fraction of sp³-hybridized carbons (Fsp3) is 0.300. The van der Waals surface area contributed by atoms with Gasteiger partial charge in [-0.15, -0.1) is 0 Å². The van der Waals surface area contributed by atoms with E-state index in [0.717, 1.165) is 6.07 Å². The Morgan fingerprint density at radius 3 is 2.67 bits per heavy atom. The predicted molar refractivity (Wildman–Crippen MR) is 107 cm³/mol. The molecule has 0 radical (unpaired) electrons. The van der Waals surface area contributed by atoms with E-state index < -0.39 is 23.4 Å². The first-order valence-corrected chi connectivity index (χ1v) is 9.13. The summed E-state index contributed by atoms with van der Waals surface area (Å²) in [6.07, 6.45) is -0.374. The fourth-order valence-electron chi connectivity index (χ4n) is 2.83. The van der Waals surface area contributed by atoms with Crippen molar-refractivity contribution in [3.63, 3.8) is 0 Å². The van der Waals surface area contributed by atoms with Gasteiger partial charge in [0.1, 0.15) is 18.4 Å². The fourth-order valence-corrected chi connectivity index (χ4v) is 2.83. The summed E-state index contributed by atoms with van der Waals surface area (Å²) < 4.78 is 16.3. The average molecular weight is 415 g/mol. The maximum atomic E-state index is 12.2. The normalized spacial score (nSPS) is 14.5. The molecule has 1 N–H and O–H groups in total. The van der Waals surface area contributed by atoms with Crippen LogP contribution in [0.5, 0.6) is 11.5 Å². The number of nitrogens with one attached hydrogen (secondary N) is 1. The number of rotatable bonds is 7. The van der Waals surface area contributed by atoms with Crippen molar-refractivity contribution < 1.29 is 28.7 Å². The number of nitro benzene ring substituents is 1. The van der Waals surface area contributed by atoms with Gasteiger partial charge in [-0.3, -0.25) is 14.9 Å². The van der Waals surface area contributed by atoms with Crippen molar-refractivity contribution in [2.45, 2.75) is 6.10 Å². The summed E-state index contributed by atoms with van der Waals surface area (Å²) in [6, 6.07) is 11.2. The number of hydrogen-bond acceptors (Lipinski definition) is 8. The quantitative estimate of drug-likeness (QED) is 0.413. The molecule has 1 aliphatic rings. The zero-order valence-electron chi connectivity index (χ0n) is 16.5. The molecule has 0 aliphatic carbocycles. The van der Waals surface area contributed by atoms with Gasteiger partial charge < -0.3 is 24.4 Å². The Hall–Kier alpha value is -3.82. The van der Waals surface area contributed by atoms with E-state index in [9.17, 15) is 19.7 Å². The third kappa shape index (κ3) is 4.96. The van der Waals surface area contributed by atoms with Crippen LogP contribution in [0, 0.1) is 10.1 Å². The Labute approximate surface area is 172 Å². The number of ether oxygens (including phenoxy) is 3. The molecule has 0 saturated carbocycles. The maximum absolute atomic E-state index is 12.2. The van der Waals surface area contributed by atoms with E-state index in [1.54, 1.807) is 31.1 Å². The number of para-hydroxylation sites is 2. The molecule has 2 aromatic rings. The number of carbonyl (C=O) groups excluding carboxylic acids is 2. The molecule has 1 aliphatic heterocycles. The molecule has 2 aromatic carbocycles. The molecule has 30 heavy (non-hydrogen) atoms. The van der Waals surface area contributed by atoms with Gasteiger partial charge in [0.05, 0.1) is 17.0 Å². The first kappa shape index (κ1) is 20.9. The molecule has 0 spiro atoms. The third-order valence-corrected chi connectivity index (χ3v) is 4.32. The van der Waals surface area contributed by atoms with E-state index in [0.29, 0.717) is 17.2 Å². The smallest absolute Gasteiger partial charge is 0.338 e. The molecule has 3 rings (SSSR count). The minimum atomic E-state index is -0.829. The van der Waals surface area contributed by atoms with Gasteiger partial charge in [0.15, 0.2) is 18.1 Å². The molecule has 0 fully saturated rings. The van der Waals surface area contributed by atoms with Crippen LogP contribution in [-0.4, -0.2) is 56.8 Å². The first-order chi connectivity index (χ1) is 14.3. The molecule has 0 saturated heterocycles. The van der Waals surface area contributed by atoms with E-state index in [2.05, 4.69) is 5.32 Å². The monoisotopic (exact) mass is 415 g/mol. The van der Waals surface area contributed by atoms with Crippen LogP contribution < -0.4 is 19.7 Å². The van der Waals surface area contributed by atoms with Gasteiger partial charge in [0.2, 0.25) is 0 Å². The second kappa shape index (κ2) is 9.12. The molecular formula is C20H21N3O7. The number of carbonyl (C=O) groups is 2. The molecule has 10 nitrogen and oxygen atoms in total. The minimum Gasteiger partial charge on any atom is -0.486 e. The third-order valence-electron chi connectivity index (χ3n) is 4.32. The van der Waals surface area contributed by atoms with Crippen LogP contribution in [0.1, 0.15) is 10.4 Å². The largest absolute Gasteiger partial charge is 0.486 e. The summed E-state index contributed by atoms with van der Waals surface area (Å²) >= 11 is 0. The Bertz CT molecular complexity index is 961. The number of esters is 1. The van der Waals surface area contributed by atoms with Crippen molar-refractivity contribution in [2.75, 3.05) is 38.8 Å². The Morgan fingerprint density at radius 2 is 1.97 bits per heavy atom. The van der Waals surface area contributed by atoms with Crippen LogP contribution >= 0.6 is 0 Å². The SMILES string of the molecule is CN(C)c1ccc(C(=O)OCC(=O)NC[C@@H]2COc3ccccc3O2)cc1[N+](=O)[O-]. The molecule has 158 valence electrons. The van der Waals surface area contributed by atoms with E-state index in [-0.39, 0.29) is 30.5 Å². The van der Waals surface area contributed by atoms with E-state index >= 15 is 0 Å². The number of nitro groups is 1. The zero-order valence-corrected chi connectivity index (χ0v) is 16.5. The lowest BCUT2D eigenvalue weighted by Gasteiger charge is -2.26. The molecule has 1 heterocycles. The first-order valence-electron chi connectivity index (χ1n) is 9.13.